The number of hydrogen-bond acceptors (Lipinski definition) is 6. The maximum absolute atomic E-state index is 5.60. The molecule has 0 bridgehead atoms. The highest BCUT2D eigenvalue weighted by atomic mass is 32.2. The van der Waals surface area contributed by atoms with E-state index in [1.165, 1.54) is 23.5 Å². The van der Waals surface area contributed by atoms with Crippen LogP contribution in [0.3, 0.4) is 0 Å². The highest BCUT2D eigenvalue weighted by Crippen LogP contribution is 2.25. The second-order valence-corrected chi connectivity index (χ2v) is 4.69. The molecule has 0 atom stereocenters. The van der Waals surface area contributed by atoms with Crippen molar-refractivity contribution in [3.05, 3.63) is 30.3 Å². The Morgan fingerprint density at radius 3 is 2.38 bits per heavy atom. The smallest absolute Gasteiger partial charge is 0.225 e. The van der Waals surface area contributed by atoms with Crippen LogP contribution in [-0.2, 0) is 0 Å². The minimum Gasteiger partial charge on any atom is -0.368 e. The molecule has 0 aliphatic carbocycles. The molecule has 82 valence electrons. The number of nitrogens with zero attached hydrogens (tertiary/aromatic N) is 3. The summed E-state index contributed by atoms with van der Waals surface area (Å²) in [6, 6.07) is 9.93. The van der Waals surface area contributed by atoms with E-state index in [2.05, 4.69) is 15.0 Å². The normalized spacial score (nSPS) is 10.3. The third-order valence-corrected chi connectivity index (χ3v) is 3.17. The molecule has 0 amide bonds. The largest absolute Gasteiger partial charge is 0.368 e. The number of thioether (sulfide) groups is 1. The first-order valence-corrected chi connectivity index (χ1v) is 6.60. The van der Waals surface area contributed by atoms with Gasteiger partial charge in [0.2, 0.25) is 5.95 Å². The molecule has 1 aromatic carbocycles. The summed E-state index contributed by atoms with van der Waals surface area (Å²) in [4.78, 5) is 13.4. The minimum absolute atomic E-state index is 0.262. The van der Waals surface area contributed by atoms with Gasteiger partial charge in [0, 0.05) is 4.90 Å². The first kappa shape index (κ1) is 11.2. The van der Waals surface area contributed by atoms with Crippen molar-refractivity contribution in [3.63, 3.8) is 0 Å². The van der Waals surface area contributed by atoms with Crippen molar-refractivity contribution in [3.8, 4) is 0 Å². The zero-order chi connectivity index (χ0) is 11.4. The third-order valence-electron chi connectivity index (χ3n) is 1.75. The van der Waals surface area contributed by atoms with Crippen LogP contribution in [0.4, 0.5) is 5.95 Å². The van der Waals surface area contributed by atoms with Crippen molar-refractivity contribution in [2.24, 2.45) is 0 Å². The molecule has 0 fully saturated rings. The Balaban J connectivity index is 2.24. The van der Waals surface area contributed by atoms with Crippen LogP contribution in [0.5, 0.6) is 0 Å². The number of aromatic nitrogens is 3. The van der Waals surface area contributed by atoms with Gasteiger partial charge >= 0.3 is 0 Å². The first-order valence-electron chi connectivity index (χ1n) is 4.56. The molecule has 0 aliphatic rings. The Kier molecular flexibility index (Phi) is 3.63. The van der Waals surface area contributed by atoms with Gasteiger partial charge in [0.05, 0.1) is 0 Å². The molecule has 0 aliphatic heterocycles. The van der Waals surface area contributed by atoms with E-state index in [0.717, 1.165) is 4.90 Å². The summed E-state index contributed by atoms with van der Waals surface area (Å²) >= 11 is 2.93. The van der Waals surface area contributed by atoms with Crippen LogP contribution in [0.1, 0.15) is 0 Å². The summed E-state index contributed by atoms with van der Waals surface area (Å²) in [5, 5.41) is 1.27. The minimum atomic E-state index is 0.262. The summed E-state index contributed by atoms with van der Waals surface area (Å²) < 4.78 is 0. The lowest BCUT2D eigenvalue weighted by Gasteiger charge is -2.02. The van der Waals surface area contributed by atoms with Gasteiger partial charge in [-0.2, -0.15) is 15.0 Å². The van der Waals surface area contributed by atoms with E-state index in [1.54, 1.807) is 0 Å². The van der Waals surface area contributed by atoms with E-state index < -0.39 is 0 Å². The molecule has 0 unspecified atom stereocenters. The van der Waals surface area contributed by atoms with Gasteiger partial charge in [0.25, 0.3) is 0 Å². The van der Waals surface area contributed by atoms with Gasteiger partial charge in [-0.05, 0) is 30.2 Å². The third kappa shape index (κ3) is 2.86. The molecule has 1 heterocycles. The Morgan fingerprint density at radius 1 is 1.00 bits per heavy atom. The maximum atomic E-state index is 5.60. The number of nitrogens with two attached hydrogens (primary N) is 1. The predicted octanol–water partition coefficient (Wildman–Crippen LogP) is 2.33. The molecular weight excluding hydrogens is 240 g/mol. The SMILES string of the molecule is CSc1nc(N)nc(Sc2ccccc2)n1. The van der Waals surface area contributed by atoms with Crippen molar-refractivity contribution in [1.82, 2.24) is 15.0 Å². The van der Waals surface area contributed by atoms with Crippen molar-refractivity contribution >= 4 is 29.5 Å². The van der Waals surface area contributed by atoms with Crippen LogP contribution in [0.15, 0.2) is 45.5 Å². The number of anilines is 1. The van der Waals surface area contributed by atoms with E-state index in [1.807, 2.05) is 36.6 Å². The van der Waals surface area contributed by atoms with E-state index >= 15 is 0 Å². The highest BCUT2D eigenvalue weighted by molar-refractivity contribution is 7.99. The van der Waals surface area contributed by atoms with Gasteiger partial charge in [-0.1, -0.05) is 30.0 Å². The molecule has 2 aromatic rings. The summed E-state index contributed by atoms with van der Waals surface area (Å²) in [5.74, 6) is 0.262. The number of hydrogen-bond donors (Lipinski definition) is 1. The van der Waals surface area contributed by atoms with Crippen LogP contribution in [-0.4, -0.2) is 21.2 Å². The molecule has 0 saturated carbocycles. The molecule has 16 heavy (non-hydrogen) atoms. The Morgan fingerprint density at radius 2 is 1.69 bits per heavy atom. The molecule has 4 nitrogen and oxygen atoms in total. The summed E-state index contributed by atoms with van der Waals surface area (Å²) in [7, 11) is 0. The lowest BCUT2D eigenvalue weighted by molar-refractivity contribution is 0.814. The molecule has 2 rings (SSSR count). The maximum Gasteiger partial charge on any atom is 0.225 e. The summed E-state index contributed by atoms with van der Waals surface area (Å²) in [6.07, 6.45) is 1.91. The zero-order valence-corrected chi connectivity index (χ0v) is 10.3. The van der Waals surface area contributed by atoms with Crippen molar-refractivity contribution in [2.45, 2.75) is 15.2 Å². The van der Waals surface area contributed by atoms with Crippen LogP contribution < -0.4 is 5.73 Å². The molecule has 2 N–H and O–H groups in total. The Labute approximate surface area is 102 Å². The second kappa shape index (κ2) is 5.18. The van der Waals surface area contributed by atoms with Crippen molar-refractivity contribution in [2.75, 3.05) is 12.0 Å². The van der Waals surface area contributed by atoms with Gasteiger partial charge in [-0.25, -0.2) is 0 Å². The van der Waals surface area contributed by atoms with Gasteiger partial charge < -0.3 is 5.73 Å². The van der Waals surface area contributed by atoms with Crippen LogP contribution in [0, 0.1) is 0 Å². The fourth-order valence-corrected chi connectivity index (χ4v) is 2.28. The van der Waals surface area contributed by atoms with E-state index in [-0.39, 0.29) is 5.95 Å². The molecule has 1 aromatic heterocycles. The van der Waals surface area contributed by atoms with E-state index in [0.29, 0.717) is 10.3 Å². The molecule has 0 radical (unpaired) electrons. The topological polar surface area (TPSA) is 64.7 Å². The molecular formula is C10H10N4S2. The fourth-order valence-electron chi connectivity index (χ4n) is 1.08. The van der Waals surface area contributed by atoms with Crippen LogP contribution in [0.25, 0.3) is 0 Å². The lowest BCUT2D eigenvalue weighted by atomic mass is 10.4. The summed E-state index contributed by atoms with van der Waals surface area (Å²) in [5.41, 5.74) is 5.60. The molecule has 0 spiro atoms. The monoisotopic (exact) mass is 250 g/mol. The van der Waals surface area contributed by atoms with E-state index in [9.17, 15) is 0 Å². The average Bonchev–Trinajstić information content (AvgIpc) is 2.29. The van der Waals surface area contributed by atoms with Crippen LogP contribution in [0.2, 0.25) is 0 Å². The number of rotatable bonds is 3. The quantitative estimate of drug-likeness (QED) is 0.843. The Hall–Kier alpha value is -1.27. The average molecular weight is 250 g/mol. The lowest BCUT2D eigenvalue weighted by Crippen LogP contribution is -2.00. The first-order chi connectivity index (χ1) is 7.78. The molecule has 6 heteroatoms. The van der Waals surface area contributed by atoms with Gasteiger partial charge in [0.1, 0.15) is 0 Å². The summed E-state index contributed by atoms with van der Waals surface area (Å²) in [6.45, 7) is 0. The fraction of sp³-hybridized carbons (Fsp3) is 0.100. The Bertz CT molecular complexity index is 476. The predicted molar refractivity (Wildman–Crippen MR) is 66.6 cm³/mol. The number of nitrogen functional groups attached to an aromatic ring is 1. The molecule has 0 saturated heterocycles. The second-order valence-electron chi connectivity index (χ2n) is 2.88. The highest BCUT2D eigenvalue weighted by Gasteiger charge is 2.04. The van der Waals surface area contributed by atoms with E-state index in [4.69, 9.17) is 5.73 Å². The van der Waals surface area contributed by atoms with Crippen molar-refractivity contribution in [1.29, 1.82) is 0 Å². The number of benzene rings is 1. The van der Waals surface area contributed by atoms with Gasteiger partial charge in [-0.15, -0.1) is 0 Å². The zero-order valence-electron chi connectivity index (χ0n) is 8.62. The van der Waals surface area contributed by atoms with Gasteiger partial charge in [-0.3, -0.25) is 0 Å². The van der Waals surface area contributed by atoms with Gasteiger partial charge in [0.15, 0.2) is 10.3 Å². The van der Waals surface area contributed by atoms with Crippen LogP contribution >= 0.6 is 23.5 Å². The standard InChI is InChI=1S/C10H10N4S2/c1-15-9-12-8(11)13-10(14-9)16-7-5-3-2-4-6-7/h2-6H,1H3,(H2,11,12,13,14). The van der Waals surface area contributed by atoms with Crippen molar-refractivity contribution < 1.29 is 0 Å².